The lowest BCUT2D eigenvalue weighted by atomic mass is 10.1. The van der Waals surface area contributed by atoms with E-state index in [4.69, 9.17) is 9.47 Å². The first kappa shape index (κ1) is 18.1. The summed E-state index contributed by atoms with van der Waals surface area (Å²) in [6.07, 6.45) is 0.272. The highest BCUT2D eigenvalue weighted by Gasteiger charge is 2.27. The van der Waals surface area contributed by atoms with Gasteiger partial charge in [-0.3, -0.25) is 4.79 Å². The molecule has 0 saturated carbocycles. The van der Waals surface area contributed by atoms with Crippen LogP contribution in [0.25, 0.3) is 10.4 Å². The molecule has 0 unspecified atom stereocenters. The van der Waals surface area contributed by atoms with E-state index in [0.29, 0.717) is 10.4 Å². The monoisotopic (exact) mass is 374 g/mol. The van der Waals surface area contributed by atoms with Gasteiger partial charge >= 0.3 is 11.9 Å². The number of methoxy groups -OCH3 is 1. The number of amides is 1. The first-order chi connectivity index (χ1) is 12.2. The maximum atomic E-state index is 12.3. The van der Waals surface area contributed by atoms with Gasteiger partial charge in [-0.2, -0.15) is 0 Å². The van der Waals surface area contributed by atoms with Crippen LogP contribution in [-0.4, -0.2) is 35.5 Å². The Morgan fingerprint density at radius 2 is 1.96 bits per heavy atom. The summed E-state index contributed by atoms with van der Waals surface area (Å²) in [5.41, 5.74) is 1.64. The molecule has 0 saturated heterocycles. The van der Waals surface area contributed by atoms with Crippen molar-refractivity contribution in [3.05, 3.63) is 34.5 Å². The number of hydrogen-bond acceptors (Lipinski definition) is 7. The molecule has 0 spiro atoms. The minimum absolute atomic E-state index is 0.0515. The molecule has 1 aliphatic rings. The molecule has 0 radical (unpaired) electrons. The van der Waals surface area contributed by atoms with Crippen LogP contribution in [0.3, 0.4) is 0 Å². The van der Waals surface area contributed by atoms with Gasteiger partial charge in [-0.05, 0) is 44.0 Å². The van der Waals surface area contributed by atoms with Crippen LogP contribution in [0, 0.1) is 0 Å². The summed E-state index contributed by atoms with van der Waals surface area (Å²) in [7, 11) is 1.25. The number of nitrogens with zero attached hydrogens (tertiary/aromatic N) is 1. The third-order valence-electron chi connectivity index (χ3n) is 3.57. The van der Waals surface area contributed by atoms with E-state index in [1.54, 1.807) is 32.9 Å². The Hall–Kier alpha value is -2.74. The largest absolute Gasteiger partial charge is 0.464 e. The fraction of sp³-hybridized carbons (Fsp3) is 0.333. The molecule has 0 fully saturated rings. The Bertz CT molecular complexity index is 911. The van der Waals surface area contributed by atoms with Gasteiger partial charge in [0.2, 0.25) is 10.9 Å². The third-order valence-corrected chi connectivity index (χ3v) is 4.66. The minimum Gasteiger partial charge on any atom is -0.464 e. The summed E-state index contributed by atoms with van der Waals surface area (Å²) < 4.78 is 10.1. The Labute approximate surface area is 154 Å². The first-order valence-electron chi connectivity index (χ1n) is 7.93. The lowest BCUT2D eigenvalue weighted by Gasteiger charge is -2.18. The third kappa shape index (κ3) is 3.60. The molecule has 136 valence electrons. The minimum atomic E-state index is -0.673. The molecular formula is C18H18N2O5S. The number of carbonyl (C=O) groups is 3. The number of aromatic nitrogens is 1. The smallest absolute Gasteiger partial charge is 0.368 e. The van der Waals surface area contributed by atoms with E-state index in [1.165, 1.54) is 7.11 Å². The second-order valence-electron chi connectivity index (χ2n) is 6.79. The van der Waals surface area contributed by atoms with Crippen LogP contribution >= 0.6 is 11.3 Å². The number of rotatable bonds is 3. The average Bonchev–Trinajstić information content (AvgIpc) is 3.14. The molecule has 8 heteroatoms. The van der Waals surface area contributed by atoms with Crippen LogP contribution in [0.5, 0.6) is 0 Å². The predicted octanol–water partition coefficient (Wildman–Crippen LogP) is 3.05. The summed E-state index contributed by atoms with van der Waals surface area (Å²) in [6, 6.07) is 5.35. The van der Waals surface area contributed by atoms with Crippen molar-refractivity contribution in [2.75, 3.05) is 12.4 Å². The summed E-state index contributed by atoms with van der Waals surface area (Å²) in [5, 5.41) is 2.83. The number of hydrogen-bond donors (Lipinski definition) is 1. The zero-order valence-corrected chi connectivity index (χ0v) is 15.7. The quantitative estimate of drug-likeness (QED) is 0.830. The van der Waals surface area contributed by atoms with Crippen molar-refractivity contribution < 1.29 is 23.9 Å². The molecule has 1 aliphatic heterocycles. The summed E-state index contributed by atoms with van der Waals surface area (Å²) >= 11 is 1.06. The fourth-order valence-corrected chi connectivity index (χ4v) is 3.46. The average molecular weight is 374 g/mol. The van der Waals surface area contributed by atoms with E-state index in [-0.39, 0.29) is 23.0 Å². The van der Waals surface area contributed by atoms with Gasteiger partial charge in [0.15, 0.2) is 5.69 Å². The van der Waals surface area contributed by atoms with Gasteiger partial charge in [-0.15, -0.1) is 11.3 Å². The Kier molecular flexibility index (Phi) is 4.53. The van der Waals surface area contributed by atoms with Gasteiger partial charge < -0.3 is 14.8 Å². The SMILES string of the molecule is COC(=O)c1nc(C(=O)OC(C)(C)C)sc1-c1ccc2c(c1)CC(=O)N2. The molecule has 1 aromatic heterocycles. The maximum absolute atomic E-state index is 12.3. The van der Waals surface area contributed by atoms with Gasteiger partial charge in [0.25, 0.3) is 0 Å². The van der Waals surface area contributed by atoms with Crippen molar-refractivity contribution in [1.82, 2.24) is 4.98 Å². The molecule has 2 heterocycles. The number of fused-ring (bicyclic) bond motifs is 1. The van der Waals surface area contributed by atoms with Crippen molar-refractivity contribution in [2.45, 2.75) is 32.8 Å². The highest BCUT2D eigenvalue weighted by molar-refractivity contribution is 7.17. The van der Waals surface area contributed by atoms with Gasteiger partial charge in [-0.1, -0.05) is 6.07 Å². The van der Waals surface area contributed by atoms with E-state index in [2.05, 4.69) is 10.3 Å². The van der Waals surface area contributed by atoms with Crippen LogP contribution in [0.15, 0.2) is 18.2 Å². The molecule has 3 rings (SSSR count). The molecule has 0 aliphatic carbocycles. The van der Waals surface area contributed by atoms with Crippen LogP contribution in [0.2, 0.25) is 0 Å². The molecule has 7 nitrogen and oxygen atoms in total. The molecular weight excluding hydrogens is 356 g/mol. The topological polar surface area (TPSA) is 94.6 Å². The van der Waals surface area contributed by atoms with Crippen molar-refractivity contribution in [1.29, 1.82) is 0 Å². The first-order valence-corrected chi connectivity index (χ1v) is 8.75. The van der Waals surface area contributed by atoms with Gasteiger partial charge in [0.05, 0.1) is 18.4 Å². The van der Waals surface area contributed by atoms with Gasteiger partial charge in [0, 0.05) is 5.69 Å². The number of thiazole rings is 1. The van der Waals surface area contributed by atoms with E-state index in [0.717, 1.165) is 22.6 Å². The van der Waals surface area contributed by atoms with Crippen molar-refractivity contribution >= 4 is 34.9 Å². The second kappa shape index (κ2) is 6.53. The highest BCUT2D eigenvalue weighted by Crippen LogP contribution is 2.35. The van der Waals surface area contributed by atoms with E-state index < -0.39 is 17.5 Å². The normalized spacial score (nSPS) is 13.2. The van der Waals surface area contributed by atoms with Crippen molar-refractivity contribution in [3.63, 3.8) is 0 Å². The van der Waals surface area contributed by atoms with Gasteiger partial charge in [0.1, 0.15) is 5.60 Å². The Morgan fingerprint density at radius 1 is 1.23 bits per heavy atom. The van der Waals surface area contributed by atoms with Gasteiger partial charge in [-0.25, -0.2) is 14.6 Å². The molecule has 2 aromatic rings. The molecule has 1 N–H and O–H groups in total. The molecule has 26 heavy (non-hydrogen) atoms. The lowest BCUT2D eigenvalue weighted by molar-refractivity contribution is -0.115. The van der Waals surface area contributed by atoms with Crippen molar-refractivity contribution in [3.8, 4) is 10.4 Å². The summed E-state index contributed by atoms with van der Waals surface area (Å²) in [4.78, 5) is 40.6. The number of carbonyl (C=O) groups excluding carboxylic acids is 3. The van der Waals surface area contributed by atoms with Crippen LogP contribution < -0.4 is 5.32 Å². The second-order valence-corrected chi connectivity index (χ2v) is 7.79. The molecule has 0 bridgehead atoms. The molecule has 0 atom stereocenters. The predicted molar refractivity (Wildman–Crippen MR) is 96.4 cm³/mol. The van der Waals surface area contributed by atoms with Crippen LogP contribution in [0.4, 0.5) is 5.69 Å². The number of nitrogens with one attached hydrogen (secondary N) is 1. The Balaban J connectivity index is 2.03. The highest BCUT2D eigenvalue weighted by atomic mass is 32.1. The fourth-order valence-electron chi connectivity index (χ4n) is 2.53. The van der Waals surface area contributed by atoms with E-state index >= 15 is 0 Å². The molecule has 1 amide bonds. The van der Waals surface area contributed by atoms with Crippen molar-refractivity contribution in [2.24, 2.45) is 0 Å². The zero-order valence-electron chi connectivity index (χ0n) is 14.8. The standard InChI is InChI=1S/C18H18N2O5S/c1-18(2,3)25-17(23)15-20-13(16(22)24-4)14(26-15)9-5-6-11-10(7-9)8-12(21)19-11/h5-7H,8H2,1-4H3,(H,19,21). The van der Waals surface area contributed by atoms with Crippen LogP contribution in [0.1, 0.15) is 46.6 Å². The maximum Gasteiger partial charge on any atom is 0.368 e. The Morgan fingerprint density at radius 3 is 2.62 bits per heavy atom. The summed E-state index contributed by atoms with van der Waals surface area (Å²) in [5.74, 6) is -1.32. The number of benzene rings is 1. The van der Waals surface area contributed by atoms with Crippen LogP contribution in [-0.2, 0) is 20.7 Å². The number of ether oxygens (including phenoxy) is 2. The zero-order chi connectivity index (χ0) is 19.1. The number of anilines is 1. The van der Waals surface area contributed by atoms with E-state index in [1.807, 2.05) is 6.07 Å². The lowest BCUT2D eigenvalue weighted by Crippen LogP contribution is -2.23. The van der Waals surface area contributed by atoms with E-state index in [9.17, 15) is 14.4 Å². The number of esters is 2. The summed E-state index contributed by atoms with van der Waals surface area (Å²) in [6.45, 7) is 5.27. The molecule has 1 aromatic carbocycles.